The van der Waals surface area contributed by atoms with Gasteiger partial charge in [0.05, 0.1) is 17.7 Å². The van der Waals surface area contributed by atoms with E-state index in [2.05, 4.69) is 15.1 Å². The van der Waals surface area contributed by atoms with E-state index in [1.54, 1.807) is 48.2 Å². The van der Waals surface area contributed by atoms with Crippen LogP contribution in [-0.4, -0.2) is 61.8 Å². The number of amides is 2. The molecule has 7 nitrogen and oxygen atoms in total. The molecule has 1 saturated heterocycles. The normalized spacial score (nSPS) is 16.2. The highest BCUT2D eigenvalue weighted by Crippen LogP contribution is 2.26. The Morgan fingerprint density at radius 2 is 1.54 bits per heavy atom. The maximum absolute atomic E-state index is 13.6. The summed E-state index contributed by atoms with van der Waals surface area (Å²) in [7, 11) is 0. The number of fused-ring (bicyclic) bond motifs is 1. The fraction of sp³-hybridized carbons (Fsp3) is 0.385. The van der Waals surface area contributed by atoms with Crippen LogP contribution in [0.4, 0.5) is 4.39 Å². The number of imide groups is 1. The lowest BCUT2D eigenvalue weighted by atomic mass is 10.1. The number of likely N-dealkylation sites (tertiary alicyclic amines) is 1. The van der Waals surface area contributed by atoms with Crippen molar-refractivity contribution in [2.24, 2.45) is 0 Å². The molecular weight excluding hydrogens is 465 g/mol. The van der Waals surface area contributed by atoms with Gasteiger partial charge in [0.2, 0.25) is 0 Å². The van der Waals surface area contributed by atoms with Crippen LogP contribution in [-0.2, 0) is 6.54 Å². The van der Waals surface area contributed by atoms with Crippen LogP contribution in [0.2, 0.25) is 0 Å². The smallest absolute Gasteiger partial charge is 0.261 e. The van der Waals surface area contributed by atoms with E-state index in [0.717, 1.165) is 41.9 Å². The Labute approximate surface area is 208 Å². The first kappa shape index (κ1) is 23.7. The van der Waals surface area contributed by atoms with Gasteiger partial charge in [0.15, 0.2) is 11.0 Å². The maximum atomic E-state index is 13.6. The fourth-order valence-electron chi connectivity index (χ4n) is 4.64. The Kier molecular flexibility index (Phi) is 7.24. The number of hydrogen-bond donors (Lipinski definition) is 0. The molecule has 0 N–H and O–H groups in total. The second-order valence-electron chi connectivity index (χ2n) is 8.91. The first-order valence-electron chi connectivity index (χ1n) is 12.1. The number of halogens is 1. The molecule has 0 unspecified atom stereocenters. The van der Waals surface area contributed by atoms with Crippen LogP contribution < -0.4 is 0 Å². The molecule has 0 saturated carbocycles. The van der Waals surface area contributed by atoms with E-state index in [9.17, 15) is 14.0 Å². The summed E-state index contributed by atoms with van der Waals surface area (Å²) in [5.41, 5.74) is 1.82. The molecule has 2 aromatic carbocycles. The van der Waals surface area contributed by atoms with Gasteiger partial charge in [-0.1, -0.05) is 30.3 Å². The molecular formula is C26H28FN5O2S. The molecule has 0 bridgehead atoms. The zero-order valence-corrected chi connectivity index (χ0v) is 20.3. The Morgan fingerprint density at radius 1 is 0.857 bits per heavy atom. The SMILES string of the molecule is O=C1c2ccccc2C(=O)N1CCCCSc1nnc(CN2CCCCC2)n1-c1ccc(F)cc1. The third kappa shape index (κ3) is 5.16. The largest absolute Gasteiger partial charge is 0.296 e. The number of hydrogen-bond acceptors (Lipinski definition) is 6. The number of nitrogens with zero attached hydrogens (tertiary/aromatic N) is 5. The molecule has 1 aromatic heterocycles. The highest BCUT2D eigenvalue weighted by atomic mass is 32.2. The minimum absolute atomic E-state index is 0.211. The topological polar surface area (TPSA) is 71.3 Å². The van der Waals surface area contributed by atoms with Crippen molar-refractivity contribution in [3.8, 4) is 5.69 Å². The number of piperidine rings is 1. The van der Waals surface area contributed by atoms with Gasteiger partial charge in [-0.3, -0.25) is 24.0 Å². The van der Waals surface area contributed by atoms with Crippen molar-refractivity contribution >= 4 is 23.6 Å². The zero-order valence-electron chi connectivity index (χ0n) is 19.5. The van der Waals surface area contributed by atoms with Gasteiger partial charge in [-0.15, -0.1) is 10.2 Å². The third-order valence-electron chi connectivity index (χ3n) is 6.48. The zero-order chi connectivity index (χ0) is 24.2. The highest BCUT2D eigenvalue weighted by molar-refractivity contribution is 7.99. The number of unbranched alkanes of at least 4 members (excludes halogenated alkanes) is 1. The molecule has 0 radical (unpaired) electrons. The minimum Gasteiger partial charge on any atom is -0.296 e. The molecule has 0 aliphatic carbocycles. The van der Waals surface area contributed by atoms with Crippen LogP contribution in [0.25, 0.3) is 5.69 Å². The molecule has 0 atom stereocenters. The summed E-state index contributed by atoms with van der Waals surface area (Å²) in [6.45, 7) is 3.22. The van der Waals surface area contributed by atoms with E-state index in [0.29, 0.717) is 30.6 Å². The van der Waals surface area contributed by atoms with Gasteiger partial charge in [-0.2, -0.15) is 0 Å². The van der Waals surface area contributed by atoms with E-state index in [-0.39, 0.29) is 17.6 Å². The van der Waals surface area contributed by atoms with Crippen molar-refractivity contribution in [1.82, 2.24) is 24.6 Å². The number of benzene rings is 2. The van der Waals surface area contributed by atoms with Crippen molar-refractivity contribution < 1.29 is 14.0 Å². The molecule has 5 rings (SSSR count). The highest BCUT2D eigenvalue weighted by Gasteiger charge is 2.34. The molecule has 2 amide bonds. The van der Waals surface area contributed by atoms with Gasteiger partial charge in [0, 0.05) is 18.0 Å². The number of carbonyl (C=O) groups excluding carboxylic acids is 2. The van der Waals surface area contributed by atoms with Crippen molar-refractivity contribution in [3.63, 3.8) is 0 Å². The summed E-state index contributed by atoms with van der Waals surface area (Å²) in [5.74, 6) is 0.925. The second-order valence-corrected chi connectivity index (χ2v) is 9.97. The van der Waals surface area contributed by atoms with Crippen molar-refractivity contribution in [3.05, 3.63) is 71.3 Å². The summed E-state index contributed by atoms with van der Waals surface area (Å²) < 4.78 is 15.6. The number of thioether (sulfide) groups is 1. The van der Waals surface area contributed by atoms with Gasteiger partial charge in [0.1, 0.15) is 5.82 Å². The number of carbonyl (C=O) groups is 2. The summed E-state index contributed by atoms with van der Waals surface area (Å²) in [5, 5.41) is 9.68. The molecule has 3 aromatic rings. The number of aromatic nitrogens is 3. The molecule has 0 spiro atoms. The van der Waals surface area contributed by atoms with Crippen molar-refractivity contribution in [2.75, 3.05) is 25.4 Å². The lowest BCUT2D eigenvalue weighted by molar-refractivity contribution is 0.0652. The second kappa shape index (κ2) is 10.7. The Hall–Kier alpha value is -3.04. The van der Waals surface area contributed by atoms with Crippen LogP contribution in [0.1, 0.15) is 58.6 Å². The lowest BCUT2D eigenvalue weighted by Gasteiger charge is -2.26. The van der Waals surface area contributed by atoms with Gasteiger partial charge in [-0.25, -0.2) is 4.39 Å². The average Bonchev–Trinajstić information content (AvgIpc) is 3.38. The first-order chi connectivity index (χ1) is 17.1. The van der Waals surface area contributed by atoms with Crippen LogP contribution in [0.5, 0.6) is 0 Å². The Bertz CT molecular complexity index is 1170. The first-order valence-corrected chi connectivity index (χ1v) is 13.1. The molecule has 1 fully saturated rings. The molecule has 2 aliphatic rings. The Balaban J connectivity index is 1.21. The van der Waals surface area contributed by atoms with E-state index < -0.39 is 0 Å². The van der Waals surface area contributed by atoms with Gasteiger partial charge < -0.3 is 0 Å². The fourth-order valence-corrected chi connectivity index (χ4v) is 5.61. The van der Waals surface area contributed by atoms with Gasteiger partial charge in [-0.05, 0) is 75.2 Å². The molecule has 3 heterocycles. The van der Waals surface area contributed by atoms with Gasteiger partial charge >= 0.3 is 0 Å². The molecule has 9 heteroatoms. The molecule has 2 aliphatic heterocycles. The van der Waals surface area contributed by atoms with Crippen LogP contribution in [0, 0.1) is 5.82 Å². The molecule has 182 valence electrons. The van der Waals surface area contributed by atoms with Gasteiger partial charge in [0.25, 0.3) is 11.8 Å². The Morgan fingerprint density at radius 3 is 2.23 bits per heavy atom. The van der Waals surface area contributed by atoms with Crippen LogP contribution in [0.3, 0.4) is 0 Å². The predicted molar refractivity (Wildman–Crippen MR) is 132 cm³/mol. The minimum atomic E-state index is -0.276. The third-order valence-corrected chi connectivity index (χ3v) is 7.50. The number of rotatable bonds is 9. The van der Waals surface area contributed by atoms with E-state index in [4.69, 9.17) is 0 Å². The monoisotopic (exact) mass is 493 g/mol. The van der Waals surface area contributed by atoms with E-state index >= 15 is 0 Å². The molecule has 35 heavy (non-hydrogen) atoms. The standard InChI is InChI=1S/C26H28FN5O2S/c27-19-10-12-20(13-11-19)32-23(18-30-14-4-1-5-15-30)28-29-26(32)35-17-7-6-16-31-24(33)21-8-2-3-9-22(21)25(31)34/h2-3,8-13H,1,4-7,14-18H2. The lowest BCUT2D eigenvalue weighted by Crippen LogP contribution is -2.30. The van der Waals surface area contributed by atoms with Crippen LogP contribution >= 0.6 is 11.8 Å². The predicted octanol–water partition coefficient (Wildman–Crippen LogP) is 4.56. The van der Waals surface area contributed by atoms with Crippen molar-refractivity contribution in [1.29, 1.82) is 0 Å². The summed E-state index contributed by atoms with van der Waals surface area (Å²) in [4.78, 5) is 28.8. The van der Waals surface area contributed by atoms with Crippen LogP contribution in [0.15, 0.2) is 53.7 Å². The quantitative estimate of drug-likeness (QED) is 0.247. The summed E-state index contributed by atoms with van der Waals surface area (Å²) >= 11 is 1.59. The van der Waals surface area contributed by atoms with E-state index in [1.807, 2.05) is 4.57 Å². The summed E-state index contributed by atoms with van der Waals surface area (Å²) in [6, 6.07) is 13.4. The van der Waals surface area contributed by atoms with Crippen molar-refractivity contribution in [2.45, 2.75) is 43.8 Å². The van der Waals surface area contributed by atoms with E-state index in [1.165, 1.54) is 36.3 Å². The average molecular weight is 494 g/mol. The maximum Gasteiger partial charge on any atom is 0.261 e. The summed E-state index contributed by atoms with van der Waals surface area (Å²) in [6.07, 6.45) is 5.18.